The van der Waals surface area contributed by atoms with Crippen molar-refractivity contribution in [2.75, 3.05) is 13.2 Å². The van der Waals surface area contributed by atoms with Crippen LogP contribution in [0.2, 0.25) is 0 Å². The van der Waals surface area contributed by atoms with Gasteiger partial charge in [0.2, 0.25) is 0 Å². The second kappa shape index (κ2) is 6.66. The van der Waals surface area contributed by atoms with E-state index in [0.717, 1.165) is 0 Å². The molecule has 1 aromatic heterocycles. The third kappa shape index (κ3) is 5.06. The number of hydrogen-bond acceptors (Lipinski definition) is 4. The molecule has 104 valence electrons. The number of thiophene rings is 1. The first kappa shape index (κ1) is 15.6. The van der Waals surface area contributed by atoms with Crippen molar-refractivity contribution in [2.24, 2.45) is 5.73 Å². The summed E-state index contributed by atoms with van der Waals surface area (Å²) in [4.78, 5) is 1.22. The molecule has 18 heavy (non-hydrogen) atoms. The summed E-state index contributed by atoms with van der Waals surface area (Å²) in [5.41, 5.74) is 7.14. The van der Waals surface area contributed by atoms with E-state index >= 15 is 0 Å². The van der Waals surface area contributed by atoms with Crippen molar-refractivity contribution >= 4 is 11.3 Å². The molecule has 0 saturated heterocycles. The van der Waals surface area contributed by atoms with Crippen LogP contribution < -0.4 is 5.73 Å². The standard InChI is InChI=1S/C14H25NO2S/c1-10-6-9-18-13(10)12(11(2)15)16-7-8-17-14(3,4)5/h6,9,11-12H,7-8,15H2,1-5H3. The average Bonchev–Trinajstić information content (AvgIpc) is 2.62. The van der Waals surface area contributed by atoms with Crippen LogP contribution in [0.3, 0.4) is 0 Å². The highest BCUT2D eigenvalue weighted by molar-refractivity contribution is 7.10. The molecule has 0 saturated carbocycles. The van der Waals surface area contributed by atoms with Crippen molar-refractivity contribution in [3.05, 3.63) is 21.9 Å². The molecular weight excluding hydrogens is 246 g/mol. The Morgan fingerprint density at radius 3 is 2.44 bits per heavy atom. The Morgan fingerprint density at radius 1 is 1.33 bits per heavy atom. The van der Waals surface area contributed by atoms with Crippen LogP contribution in [-0.2, 0) is 9.47 Å². The van der Waals surface area contributed by atoms with Crippen LogP contribution >= 0.6 is 11.3 Å². The predicted molar refractivity (Wildman–Crippen MR) is 77.1 cm³/mol. The Kier molecular flexibility index (Phi) is 5.79. The summed E-state index contributed by atoms with van der Waals surface area (Å²) < 4.78 is 11.5. The van der Waals surface area contributed by atoms with Crippen LogP contribution in [0.4, 0.5) is 0 Å². The third-order valence-corrected chi connectivity index (χ3v) is 3.63. The van der Waals surface area contributed by atoms with E-state index < -0.39 is 0 Å². The maximum absolute atomic E-state index is 6.01. The van der Waals surface area contributed by atoms with E-state index in [4.69, 9.17) is 15.2 Å². The summed E-state index contributed by atoms with van der Waals surface area (Å²) in [6.07, 6.45) is -0.0337. The van der Waals surface area contributed by atoms with Gasteiger partial charge in [0.25, 0.3) is 0 Å². The Labute approximate surface area is 114 Å². The van der Waals surface area contributed by atoms with Gasteiger partial charge in [0.05, 0.1) is 18.8 Å². The molecule has 1 aromatic rings. The van der Waals surface area contributed by atoms with E-state index in [1.54, 1.807) is 11.3 Å². The van der Waals surface area contributed by atoms with E-state index in [1.165, 1.54) is 10.4 Å². The lowest BCUT2D eigenvalue weighted by Gasteiger charge is -2.23. The Balaban J connectivity index is 2.48. The van der Waals surface area contributed by atoms with Gasteiger partial charge in [-0.25, -0.2) is 0 Å². The highest BCUT2D eigenvalue weighted by Crippen LogP contribution is 2.28. The smallest absolute Gasteiger partial charge is 0.107 e. The molecule has 1 rings (SSSR count). The Bertz CT molecular complexity index is 355. The van der Waals surface area contributed by atoms with E-state index in [9.17, 15) is 0 Å². The zero-order valence-electron chi connectivity index (χ0n) is 12.0. The molecule has 3 nitrogen and oxygen atoms in total. The van der Waals surface area contributed by atoms with Crippen molar-refractivity contribution in [2.45, 2.75) is 52.4 Å². The summed E-state index contributed by atoms with van der Waals surface area (Å²) in [7, 11) is 0. The van der Waals surface area contributed by atoms with Gasteiger partial charge in [0, 0.05) is 10.9 Å². The van der Waals surface area contributed by atoms with Gasteiger partial charge in [0.1, 0.15) is 6.10 Å². The summed E-state index contributed by atoms with van der Waals surface area (Å²) in [5.74, 6) is 0. The average molecular weight is 271 g/mol. The van der Waals surface area contributed by atoms with Crippen LogP contribution in [0.25, 0.3) is 0 Å². The molecular formula is C14H25NO2S. The second-order valence-corrected chi connectivity index (χ2v) is 6.53. The van der Waals surface area contributed by atoms with Gasteiger partial charge in [0.15, 0.2) is 0 Å². The predicted octanol–water partition coefficient (Wildman–Crippen LogP) is 3.28. The number of aryl methyl sites for hydroxylation is 1. The molecule has 0 spiro atoms. The van der Waals surface area contributed by atoms with Crippen LogP contribution in [0.1, 0.15) is 44.2 Å². The Morgan fingerprint density at radius 2 is 2.00 bits per heavy atom. The summed E-state index contributed by atoms with van der Waals surface area (Å²) >= 11 is 1.70. The lowest BCUT2D eigenvalue weighted by Crippen LogP contribution is -2.29. The van der Waals surface area contributed by atoms with Gasteiger partial charge in [-0.1, -0.05) is 0 Å². The lowest BCUT2D eigenvalue weighted by atomic mass is 10.1. The van der Waals surface area contributed by atoms with Crippen LogP contribution in [-0.4, -0.2) is 24.9 Å². The monoisotopic (exact) mass is 271 g/mol. The molecule has 0 aliphatic carbocycles. The van der Waals surface area contributed by atoms with Crippen LogP contribution in [0.15, 0.2) is 11.4 Å². The SMILES string of the molecule is Cc1ccsc1C(OCCOC(C)(C)C)C(C)N. The van der Waals surface area contributed by atoms with E-state index in [2.05, 4.69) is 18.4 Å². The maximum Gasteiger partial charge on any atom is 0.107 e. The first-order chi connectivity index (χ1) is 8.31. The minimum Gasteiger partial charge on any atom is -0.373 e. The molecule has 0 aromatic carbocycles. The van der Waals surface area contributed by atoms with Gasteiger partial charge in [-0.15, -0.1) is 11.3 Å². The Hall–Kier alpha value is -0.420. The van der Waals surface area contributed by atoms with Gasteiger partial charge in [-0.05, 0) is 51.6 Å². The first-order valence-corrected chi connectivity index (χ1v) is 7.24. The number of rotatable bonds is 6. The van der Waals surface area contributed by atoms with Crippen LogP contribution in [0, 0.1) is 6.92 Å². The summed E-state index contributed by atoms with van der Waals surface area (Å²) in [5, 5.41) is 2.08. The topological polar surface area (TPSA) is 44.5 Å². The van der Waals surface area contributed by atoms with E-state index in [0.29, 0.717) is 13.2 Å². The minimum absolute atomic E-state index is 0.0167. The molecule has 0 amide bonds. The zero-order valence-corrected chi connectivity index (χ0v) is 12.8. The van der Waals surface area contributed by atoms with Gasteiger partial charge >= 0.3 is 0 Å². The molecule has 2 atom stereocenters. The number of hydrogen-bond donors (Lipinski definition) is 1. The fourth-order valence-electron chi connectivity index (χ4n) is 1.67. The quantitative estimate of drug-likeness (QED) is 0.808. The van der Waals surface area contributed by atoms with Crippen molar-refractivity contribution in [1.82, 2.24) is 0 Å². The molecule has 0 fully saturated rings. The van der Waals surface area contributed by atoms with Gasteiger partial charge < -0.3 is 15.2 Å². The molecule has 2 unspecified atom stereocenters. The fraction of sp³-hybridized carbons (Fsp3) is 0.714. The summed E-state index contributed by atoms with van der Waals surface area (Å²) in [6, 6.07) is 2.08. The van der Waals surface area contributed by atoms with Crippen molar-refractivity contribution in [3.63, 3.8) is 0 Å². The largest absolute Gasteiger partial charge is 0.373 e. The second-order valence-electron chi connectivity index (χ2n) is 5.58. The van der Waals surface area contributed by atoms with Crippen molar-refractivity contribution in [3.8, 4) is 0 Å². The molecule has 1 heterocycles. The number of ether oxygens (including phenoxy) is 2. The third-order valence-electron chi connectivity index (χ3n) is 2.55. The summed E-state index contributed by atoms with van der Waals surface area (Å²) in [6.45, 7) is 11.4. The van der Waals surface area contributed by atoms with E-state index in [1.807, 2.05) is 27.7 Å². The highest BCUT2D eigenvalue weighted by atomic mass is 32.1. The van der Waals surface area contributed by atoms with Crippen molar-refractivity contribution in [1.29, 1.82) is 0 Å². The number of nitrogens with two attached hydrogens (primary N) is 1. The minimum atomic E-state index is -0.119. The fourth-order valence-corrected chi connectivity index (χ4v) is 2.75. The lowest BCUT2D eigenvalue weighted by molar-refractivity contribution is -0.0552. The normalized spacial score (nSPS) is 15.7. The highest BCUT2D eigenvalue weighted by Gasteiger charge is 2.20. The molecule has 4 heteroatoms. The zero-order chi connectivity index (χ0) is 13.8. The molecule has 2 N–H and O–H groups in total. The van der Waals surface area contributed by atoms with E-state index in [-0.39, 0.29) is 17.7 Å². The first-order valence-electron chi connectivity index (χ1n) is 6.36. The molecule has 0 aliphatic heterocycles. The maximum atomic E-state index is 6.01. The van der Waals surface area contributed by atoms with Crippen molar-refractivity contribution < 1.29 is 9.47 Å². The van der Waals surface area contributed by atoms with Gasteiger partial charge in [-0.2, -0.15) is 0 Å². The molecule has 0 radical (unpaired) electrons. The van der Waals surface area contributed by atoms with Crippen LogP contribution in [0.5, 0.6) is 0 Å². The van der Waals surface area contributed by atoms with Gasteiger partial charge in [-0.3, -0.25) is 0 Å². The molecule has 0 bridgehead atoms. The molecule has 0 aliphatic rings.